The molecule has 1 aliphatic carbocycles. The third-order valence-electron chi connectivity index (χ3n) is 8.38. The number of amides is 1. The average Bonchev–Trinajstić information content (AvgIpc) is 2.70. The van der Waals surface area contributed by atoms with Crippen LogP contribution < -0.4 is 5.32 Å². The van der Waals surface area contributed by atoms with Crippen molar-refractivity contribution in [3.8, 4) is 0 Å². The Morgan fingerprint density at radius 3 is 1.69 bits per heavy atom. The molecule has 1 rings (SSSR count). The van der Waals surface area contributed by atoms with Crippen molar-refractivity contribution in [3.05, 3.63) is 12.2 Å². The number of carbonyl (C=O) groups excluding carboxylic acids is 1. The minimum atomic E-state index is -0.0182. The van der Waals surface area contributed by atoms with Gasteiger partial charge >= 0.3 is 0 Å². The normalized spacial score (nSPS) is 18.4. The molecule has 0 atom stereocenters. The number of carbonyl (C=O) groups is 1. The van der Waals surface area contributed by atoms with Crippen LogP contribution in [-0.4, -0.2) is 75.3 Å². The van der Waals surface area contributed by atoms with Crippen molar-refractivity contribution in [2.45, 2.75) is 118 Å². The molecule has 1 N–H and O–H groups in total. The first-order valence-electron chi connectivity index (χ1n) is 14.6. The van der Waals surface area contributed by atoms with Gasteiger partial charge in [-0.15, -0.1) is 0 Å². The Morgan fingerprint density at radius 2 is 1.20 bits per heavy atom. The summed E-state index contributed by atoms with van der Waals surface area (Å²) >= 11 is 0. The first-order chi connectivity index (χ1) is 16.1. The van der Waals surface area contributed by atoms with Crippen LogP contribution in [0.4, 0.5) is 0 Å². The summed E-state index contributed by atoms with van der Waals surface area (Å²) in [5, 5.41) is 2.94. The standard InChI is InChI=1S/C31H62N3O/c1-27(2)29(35)32-20-19-22-33(7,8)21-17-15-13-11-12-14-16-18-23-34(9,10)28-24-30(3,4)26-31(5,6)25-28/h28H,1,11-26H2,2-10H3/q+1/p+1. The van der Waals surface area contributed by atoms with E-state index in [9.17, 15) is 4.79 Å². The van der Waals surface area contributed by atoms with Crippen LogP contribution in [0.2, 0.25) is 0 Å². The summed E-state index contributed by atoms with van der Waals surface area (Å²) in [6.07, 6.45) is 16.2. The van der Waals surface area contributed by atoms with E-state index in [0.29, 0.717) is 16.4 Å². The zero-order valence-electron chi connectivity index (χ0n) is 25.4. The monoisotopic (exact) mass is 493 g/mol. The lowest BCUT2D eigenvalue weighted by atomic mass is 9.63. The SMILES string of the molecule is C=C(C)C(=O)NCCC[N+](C)(C)CCCCCCCCCC[N+](C)(C)C1CC(C)(C)CC(C)(C)C1. The van der Waals surface area contributed by atoms with Crippen LogP contribution in [0.5, 0.6) is 0 Å². The average molecular weight is 494 g/mol. The Bertz CT molecular complexity index is 632. The minimum Gasteiger partial charge on any atom is -0.352 e. The zero-order chi connectivity index (χ0) is 26.8. The topological polar surface area (TPSA) is 29.1 Å². The van der Waals surface area contributed by atoms with E-state index in [1.54, 1.807) is 6.92 Å². The van der Waals surface area contributed by atoms with Crippen molar-refractivity contribution < 1.29 is 13.8 Å². The quantitative estimate of drug-likeness (QED) is 0.133. The van der Waals surface area contributed by atoms with E-state index < -0.39 is 0 Å². The van der Waals surface area contributed by atoms with Crippen molar-refractivity contribution in [1.82, 2.24) is 5.32 Å². The Labute approximate surface area is 220 Å². The zero-order valence-corrected chi connectivity index (χ0v) is 25.4. The van der Waals surface area contributed by atoms with Crippen LogP contribution in [0.15, 0.2) is 12.2 Å². The molecule has 4 heteroatoms. The van der Waals surface area contributed by atoms with Gasteiger partial charge in [0.15, 0.2) is 0 Å². The third kappa shape index (κ3) is 13.9. The van der Waals surface area contributed by atoms with Gasteiger partial charge in [-0.25, -0.2) is 0 Å². The number of rotatable bonds is 17. The van der Waals surface area contributed by atoms with Gasteiger partial charge in [0.1, 0.15) is 0 Å². The second-order valence-electron chi connectivity index (χ2n) is 14.7. The lowest BCUT2D eigenvalue weighted by molar-refractivity contribution is -0.918. The summed E-state index contributed by atoms with van der Waals surface area (Å²) in [7, 11) is 9.60. The fraction of sp³-hybridized carbons (Fsp3) is 0.903. The molecule has 1 aliphatic rings. The van der Waals surface area contributed by atoms with Crippen LogP contribution in [0.3, 0.4) is 0 Å². The number of hydrogen-bond donors (Lipinski definition) is 1. The Morgan fingerprint density at radius 1 is 0.771 bits per heavy atom. The van der Waals surface area contributed by atoms with Crippen LogP contribution in [-0.2, 0) is 4.79 Å². The van der Waals surface area contributed by atoms with Crippen molar-refractivity contribution in [1.29, 1.82) is 0 Å². The van der Waals surface area contributed by atoms with Gasteiger partial charge in [0.2, 0.25) is 5.91 Å². The first-order valence-corrected chi connectivity index (χ1v) is 14.6. The number of nitrogens with zero attached hydrogens (tertiary/aromatic N) is 2. The molecule has 1 fully saturated rings. The molecule has 0 unspecified atom stereocenters. The number of unbranched alkanes of at least 4 members (excludes halogenated alkanes) is 7. The molecule has 206 valence electrons. The Balaban J connectivity index is 2.08. The Kier molecular flexibility index (Phi) is 13.0. The molecular weight excluding hydrogens is 430 g/mol. The Hall–Kier alpha value is -0.870. The van der Waals surface area contributed by atoms with Crippen LogP contribution in [0, 0.1) is 10.8 Å². The molecule has 0 aromatic heterocycles. The lowest BCUT2D eigenvalue weighted by Crippen LogP contribution is -2.55. The van der Waals surface area contributed by atoms with Crippen LogP contribution in [0.25, 0.3) is 0 Å². The van der Waals surface area contributed by atoms with Gasteiger partial charge in [0.25, 0.3) is 0 Å². The number of nitrogens with one attached hydrogen (secondary N) is 1. The summed E-state index contributed by atoms with van der Waals surface area (Å²) in [5.74, 6) is -0.0182. The van der Waals surface area contributed by atoms with E-state index in [0.717, 1.165) is 30.0 Å². The molecule has 4 nitrogen and oxygen atoms in total. The number of quaternary nitrogens is 2. The van der Waals surface area contributed by atoms with E-state index in [4.69, 9.17) is 0 Å². The predicted octanol–water partition coefficient (Wildman–Crippen LogP) is 6.95. The molecule has 1 saturated carbocycles. The van der Waals surface area contributed by atoms with Crippen molar-refractivity contribution >= 4 is 5.91 Å². The maximum atomic E-state index is 11.6. The highest BCUT2D eigenvalue weighted by atomic mass is 16.1. The molecule has 0 heterocycles. The molecule has 35 heavy (non-hydrogen) atoms. The van der Waals surface area contributed by atoms with Crippen molar-refractivity contribution in [2.24, 2.45) is 10.8 Å². The minimum absolute atomic E-state index is 0.0182. The van der Waals surface area contributed by atoms with E-state index in [-0.39, 0.29) is 5.91 Å². The van der Waals surface area contributed by atoms with Crippen LogP contribution in [0.1, 0.15) is 112 Å². The first kappa shape index (κ1) is 32.2. The third-order valence-corrected chi connectivity index (χ3v) is 8.38. The molecule has 1 amide bonds. The van der Waals surface area contributed by atoms with Gasteiger partial charge < -0.3 is 14.3 Å². The summed E-state index contributed by atoms with van der Waals surface area (Å²) < 4.78 is 2.26. The van der Waals surface area contributed by atoms with Gasteiger partial charge in [0.05, 0.1) is 53.9 Å². The second kappa shape index (κ2) is 14.2. The van der Waals surface area contributed by atoms with Crippen molar-refractivity contribution in [3.63, 3.8) is 0 Å². The maximum absolute atomic E-state index is 11.6. The molecule has 0 aromatic rings. The molecule has 0 spiro atoms. The van der Waals surface area contributed by atoms with Gasteiger partial charge in [-0.05, 0) is 49.9 Å². The van der Waals surface area contributed by atoms with E-state index in [1.165, 1.54) is 88.2 Å². The largest absolute Gasteiger partial charge is 0.352 e. The highest BCUT2D eigenvalue weighted by Crippen LogP contribution is 2.48. The van der Waals surface area contributed by atoms with Gasteiger partial charge in [-0.3, -0.25) is 4.79 Å². The highest BCUT2D eigenvalue weighted by Gasteiger charge is 2.44. The highest BCUT2D eigenvalue weighted by molar-refractivity contribution is 5.91. The fourth-order valence-corrected chi connectivity index (χ4v) is 6.56. The molecular formula is C31H63N3O+2. The fourth-order valence-electron chi connectivity index (χ4n) is 6.56. The van der Waals surface area contributed by atoms with E-state index in [1.807, 2.05) is 0 Å². The second-order valence-corrected chi connectivity index (χ2v) is 14.7. The molecule has 0 bridgehead atoms. The summed E-state index contributed by atoms with van der Waals surface area (Å²) in [6, 6.07) is 0.812. The molecule has 0 aliphatic heterocycles. The van der Waals surface area contributed by atoms with E-state index in [2.05, 4.69) is 67.8 Å². The molecule has 0 radical (unpaired) electrons. The smallest absolute Gasteiger partial charge is 0.246 e. The number of hydrogen-bond acceptors (Lipinski definition) is 1. The van der Waals surface area contributed by atoms with E-state index >= 15 is 0 Å². The molecule has 0 saturated heterocycles. The van der Waals surface area contributed by atoms with Gasteiger partial charge in [0, 0.05) is 31.4 Å². The van der Waals surface area contributed by atoms with Crippen LogP contribution >= 0.6 is 0 Å². The van der Waals surface area contributed by atoms with Gasteiger partial charge in [-0.2, -0.15) is 0 Å². The maximum Gasteiger partial charge on any atom is 0.246 e. The predicted molar refractivity (Wildman–Crippen MR) is 153 cm³/mol. The summed E-state index contributed by atoms with van der Waals surface area (Å²) in [4.78, 5) is 11.6. The summed E-state index contributed by atoms with van der Waals surface area (Å²) in [5.41, 5.74) is 1.56. The molecule has 0 aromatic carbocycles. The van der Waals surface area contributed by atoms with Crippen molar-refractivity contribution in [2.75, 3.05) is 54.4 Å². The van der Waals surface area contributed by atoms with Gasteiger partial charge in [-0.1, -0.05) is 60.0 Å². The lowest BCUT2D eigenvalue weighted by Gasteiger charge is -2.50. The summed E-state index contributed by atoms with van der Waals surface area (Å²) in [6.45, 7) is 19.8.